The zero-order valence-electron chi connectivity index (χ0n) is 12.3. The Morgan fingerprint density at radius 1 is 1.29 bits per heavy atom. The van der Waals surface area contributed by atoms with Gasteiger partial charge in [-0.1, -0.05) is 25.0 Å². The van der Waals surface area contributed by atoms with Gasteiger partial charge < -0.3 is 9.73 Å². The van der Waals surface area contributed by atoms with Gasteiger partial charge in [-0.15, -0.1) is 0 Å². The third kappa shape index (κ3) is 3.81. The summed E-state index contributed by atoms with van der Waals surface area (Å²) in [6.07, 6.45) is 3.01. The van der Waals surface area contributed by atoms with Gasteiger partial charge in [-0.25, -0.2) is 0 Å². The Morgan fingerprint density at radius 2 is 2.10 bits per heavy atom. The van der Waals surface area contributed by atoms with Crippen molar-refractivity contribution in [2.24, 2.45) is 0 Å². The molecular weight excluding hydrogens is 266 g/mol. The van der Waals surface area contributed by atoms with Crippen molar-refractivity contribution in [3.8, 4) is 11.3 Å². The highest BCUT2D eigenvalue weighted by Gasteiger charge is 2.12. The Balaban J connectivity index is 2.29. The Kier molecular flexibility index (Phi) is 4.93. The van der Waals surface area contributed by atoms with E-state index in [9.17, 15) is 9.59 Å². The number of benzene rings is 1. The SMILES string of the molecule is CCCCC(=O)Nc1ccc(C)cc1-c1ccc(C=O)o1. The first kappa shape index (κ1) is 15.0. The molecular formula is C17H19NO3. The van der Waals surface area contributed by atoms with Crippen molar-refractivity contribution in [1.82, 2.24) is 0 Å². The Hall–Kier alpha value is -2.36. The summed E-state index contributed by atoms with van der Waals surface area (Å²) in [5.74, 6) is 0.838. The summed E-state index contributed by atoms with van der Waals surface area (Å²) in [6, 6.07) is 9.08. The highest BCUT2D eigenvalue weighted by atomic mass is 16.3. The number of aldehydes is 1. The lowest BCUT2D eigenvalue weighted by atomic mass is 10.1. The normalized spacial score (nSPS) is 10.4. The molecule has 0 saturated heterocycles. The molecule has 0 aliphatic heterocycles. The fourth-order valence-corrected chi connectivity index (χ4v) is 2.08. The van der Waals surface area contributed by atoms with E-state index in [2.05, 4.69) is 5.32 Å². The molecule has 2 rings (SSSR count). The largest absolute Gasteiger partial charge is 0.453 e. The van der Waals surface area contributed by atoms with Crippen molar-refractivity contribution in [2.45, 2.75) is 33.1 Å². The maximum absolute atomic E-state index is 11.9. The average Bonchev–Trinajstić information content (AvgIpc) is 2.95. The van der Waals surface area contributed by atoms with Gasteiger partial charge in [0.25, 0.3) is 0 Å². The van der Waals surface area contributed by atoms with Crippen molar-refractivity contribution >= 4 is 17.9 Å². The second-order valence-electron chi connectivity index (χ2n) is 5.02. The van der Waals surface area contributed by atoms with E-state index in [1.807, 2.05) is 32.0 Å². The van der Waals surface area contributed by atoms with E-state index in [1.54, 1.807) is 12.1 Å². The number of aryl methyl sites for hydroxylation is 1. The predicted molar refractivity (Wildman–Crippen MR) is 82.4 cm³/mol. The van der Waals surface area contributed by atoms with Crippen LogP contribution in [0, 0.1) is 6.92 Å². The summed E-state index contributed by atoms with van der Waals surface area (Å²) in [4.78, 5) is 22.6. The number of carbonyl (C=O) groups is 2. The molecule has 1 N–H and O–H groups in total. The van der Waals surface area contributed by atoms with Gasteiger partial charge in [0.1, 0.15) is 5.76 Å². The number of anilines is 1. The van der Waals surface area contributed by atoms with Crippen molar-refractivity contribution in [1.29, 1.82) is 0 Å². The van der Waals surface area contributed by atoms with E-state index in [1.165, 1.54) is 0 Å². The second-order valence-corrected chi connectivity index (χ2v) is 5.02. The molecule has 0 aliphatic carbocycles. The van der Waals surface area contributed by atoms with E-state index in [4.69, 9.17) is 4.42 Å². The summed E-state index contributed by atoms with van der Waals surface area (Å²) < 4.78 is 5.46. The van der Waals surface area contributed by atoms with Crippen LogP contribution in [0.15, 0.2) is 34.7 Å². The molecule has 21 heavy (non-hydrogen) atoms. The number of unbranched alkanes of at least 4 members (excludes halogenated alkanes) is 1. The Bertz CT molecular complexity index is 643. The van der Waals surface area contributed by atoms with Crippen molar-refractivity contribution in [3.05, 3.63) is 41.7 Å². The molecule has 0 spiro atoms. The van der Waals surface area contributed by atoms with Gasteiger partial charge in [0, 0.05) is 12.0 Å². The fourth-order valence-electron chi connectivity index (χ4n) is 2.08. The van der Waals surface area contributed by atoms with Crippen LogP contribution in [0.25, 0.3) is 11.3 Å². The number of hydrogen-bond donors (Lipinski definition) is 1. The third-order valence-corrected chi connectivity index (χ3v) is 3.21. The van der Waals surface area contributed by atoms with Crippen LogP contribution in [0.1, 0.15) is 42.3 Å². The molecule has 0 fully saturated rings. The van der Waals surface area contributed by atoms with Crippen molar-refractivity contribution in [3.63, 3.8) is 0 Å². The van der Waals surface area contributed by atoms with E-state index < -0.39 is 0 Å². The summed E-state index contributed by atoms with van der Waals surface area (Å²) >= 11 is 0. The lowest BCUT2D eigenvalue weighted by Gasteiger charge is -2.10. The molecule has 0 unspecified atom stereocenters. The van der Waals surface area contributed by atoms with Gasteiger partial charge in [0.2, 0.25) is 5.91 Å². The summed E-state index contributed by atoms with van der Waals surface area (Å²) in [5, 5.41) is 2.91. The quantitative estimate of drug-likeness (QED) is 0.809. The molecule has 1 aromatic heterocycles. The van der Waals surface area contributed by atoms with Crippen LogP contribution in [-0.4, -0.2) is 12.2 Å². The predicted octanol–water partition coefficient (Wildman–Crippen LogP) is 4.20. The van der Waals surface area contributed by atoms with Crippen LogP contribution in [0.5, 0.6) is 0 Å². The van der Waals surface area contributed by atoms with E-state index in [0.717, 1.165) is 24.0 Å². The summed E-state index contributed by atoms with van der Waals surface area (Å²) in [6.45, 7) is 4.02. The number of hydrogen-bond acceptors (Lipinski definition) is 3. The van der Waals surface area contributed by atoms with Crippen LogP contribution < -0.4 is 5.32 Å². The number of carbonyl (C=O) groups excluding carboxylic acids is 2. The highest BCUT2D eigenvalue weighted by Crippen LogP contribution is 2.30. The minimum absolute atomic E-state index is 0.0101. The minimum Gasteiger partial charge on any atom is -0.453 e. The van der Waals surface area contributed by atoms with Gasteiger partial charge in [-0.3, -0.25) is 9.59 Å². The third-order valence-electron chi connectivity index (χ3n) is 3.21. The smallest absolute Gasteiger partial charge is 0.224 e. The first-order chi connectivity index (χ1) is 10.1. The molecule has 110 valence electrons. The molecule has 0 bridgehead atoms. The molecule has 0 radical (unpaired) electrons. The van der Waals surface area contributed by atoms with Gasteiger partial charge >= 0.3 is 0 Å². The monoisotopic (exact) mass is 285 g/mol. The van der Waals surface area contributed by atoms with Gasteiger partial charge in [0.05, 0.1) is 5.69 Å². The highest BCUT2D eigenvalue weighted by molar-refractivity contribution is 5.95. The maximum atomic E-state index is 11.9. The average molecular weight is 285 g/mol. The Morgan fingerprint density at radius 3 is 2.76 bits per heavy atom. The van der Waals surface area contributed by atoms with Gasteiger partial charge in [-0.2, -0.15) is 0 Å². The van der Waals surface area contributed by atoms with Gasteiger partial charge in [-0.05, 0) is 37.6 Å². The number of amides is 1. The molecule has 1 aromatic carbocycles. The van der Waals surface area contributed by atoms with E-state index in [0.29, 0.717) is 24.2 Å². The second kappa shape index (κ2) is 6.88. The molecule has 0 saturated carbocycles. The molecule has 0 aliphatic rings. The first-order valence-corrected chi connectivity index (χ1v) is 7.10. The minimum atomic E-state index is -0.0101. The van der Waals surface area contributed by atoms with Crippen LogP contribution in [-0.2, 0) is 4.79 Å². The topological polar surface area (TPSA) is 59.3 Å². The van der Waals surface area contributed by atoms with Crippen molar-refractivity contribution in [2.75, 3.05) is 5.32 Å². The zero-order valence-corrected chi connectivity index (χ0v) is 12.3. The van der Waals surface area contributed by atoms with Crippen LogP contribution in [0.2, 0.25) is 0 Å². The van der Waals surface area contributed by atoms with Crippen LogP contribution >= 0.6 is 0 Å². The number of furan rings is 1. The number of nitrogens with one attached hydrogen (secondary N) is 1. The van der Waals surface area contributed by atoms with Crippen LogP contribution in [0.3, 0.4) is 0 Å². The van der Waals surface area contributed by atoms with E-state index in [-0.39, 0.29) is 11.7 Å². The standard InChI is InChI=1S/C17H19NO3/c1-3-4-5-17(20)18-15-8-6-12(2)10-14(15)16-9-7-13(11-19)21-16/h6-11H,3-5H2,1-2H3,(H,18,20). The maximum Gasteiger partial charge on any atom is 0.224 e. The lowest BCUT2D eigenvalue weighted by molar-refractivity contribution is -0.116. The molecule has 1 heterocycles. The summed E-state index contributed by atoms with van der Waals surface area (Å²) in [7, 11) is 0. The molecule has 4 nitrogen and oxygen atoms in total. The van der Waals surface area contributed by atoms with Crippen molar-refractivity contribution < 1.29 is 14.0 Å². The molecule has 2 aromatic rings. The zero-order chi connectivity index (χ0) is 15.2. The Labute approximate surface area is 124 Å². The first-order valence-electron chi connectivity index (χ1n) is 7.10. The van der Waals surface area contributed by atoms with E-state index >= 15 is 0 Å². The van der Waals surface area contributed by atoms with Gasteiger partial charge in [0.15, 0.2) is 12.0 Å². The molecule has 1 amide bonds. The lowest BCUT2D eigenvalue weighted by Crippen LogP contribution is -2.11. The molecule has 4 heteroatoms. The fraction of sp³-hybridized carbons (Fsp3) is 0.294. The molecule has 0 atom stereocenters. The summed E-state index contributed by atoms with van der Waals surface area (Å²) in [5.41, 5.74) is 2.54. The van der Waals surface area contributed by atoms with Crippen LogP contribution in [0.4, 0.5) is 5.69 Å². The number of rotatable bonds is 6.